The third kappa shape index (κ3) is 4.36. The molecule has 0 spiro atoms. The molecule has 2 heterocycles. The molecule has 0 atom stereocenters. The zero-order valence-electron chi connectivity index (χ0n) is 16.4. The molecule has 5 heteroatoms. The van der Waals surface area contributed by atoms with Crippen LogP contribution in [-0.2, 0) is 16.1 Å². The second-order valence-corrected chi connectivity index (χ2v) is 8.33. The normalized spacial score (nSPS) is 24.0. The summed E-state index contributed by atoms with van der Waals surface area (Å²) in [6.45, 7) is 6.57. The molecular weight excluding hydrogens is 338 g/mol. The molecule has 1 aromatic rings. The van der Waals surface area contributed by atoms with E-state index < -0.39 is 0 Å². The first kappa shape index (κ1) is 18.9. The van der Waals surface area contributed by atoms with Crippen LogP contribution in [0.4, 0.5) is 5.69 Å². The number of hydrogen-bond acceptors (Lipinski definition) is 4. The number of carbonyl (C=O) groups is 1. The highest BCUT2D eigenvalue weighted by molar-refractivity contribution is 5.98. The van der Waals surface area contributed by atoms with Crippen LogP contribution in [0.25, 0.3) is 0 Å². The number of benzene rings is 1. The smallest absolute Gasteiger partial charge is 0.244 e. The van der Waals surface area contributed by atoms with Gasteiger partial charge in [0, 0.05) is 25.3 Å². The van der Waals surface area contributed by atoms with E-state index in [0.717, 1.165) is 64.2 Å². The zero-order valence-corrected chi connectivity index (χ0v) is 16.4. The maximum Gasteiger partial charge on any atom is 0.244 e. The van der Waals surface area contributed by atoms with Gasteiger partial charge in [-0.15, -0.1) is 0 Å². The van der Waals surface area contributed by atoms with Gasteiger partial charge in [-0.2, -0.15) is 0 Å². The number of nitrogens with zero attached hydrogens (tertiary/aromatic N) is 2. The number of morpholine rings is 1. The SMILES string of the molecule is O=C(Nc1cccc(CN2CCCC2)c1)C1(N2CCOCC2)CCCCC1. The monoisotopic (exact) mass is 371 g/mol. The van der Waals surface area contributed by atoms with Crippen LogP contribution in [0, 0.1) is 0 Å². The molecule has 0 bridgehead atoms. The molecule has 27 heavy (non-hydrogen) atoms. The molecule has 0 unspecified atom stereocenters. The van der Waals surface area contributed by atoms with E-state index in [1.165, 1.54) is 37.9 Å². The van der Waals surface area contributed by atoms with E-state index in [4.69, 9.17) is 4.74 Å². The van der Waals surface area contributed by atoms with Crippen molar-refractivity contribution >= 4 is 11.6 Å². The van der Waals surface area contributed by atoms with Crippen molar-refractivity contribution in [2.75, 3.05) is 44.7 Å². The van der Waals surface area contributed by atoms with Gasteiger partial charge in [-0.25, -0.2) is 0 Å². The molecule has 0 aromatic heterocycles. The fourth-order valence-electron chi connectivity index (χ4n) is 5.01. The second kappa shape index (κ2) is 8.72. The van der Waals surface area contributed by atoms with Gasteiger partial charge >= 0.3 is 0 Å². The minimum absolute atomic E-state index is 0.183. The first-order chi connectivity index (χ1) is 13.3. The van der Waals surface area contributed by atoms with E-state index in [9.17, 15) is 4.79 Å². The highest BCUT2D eigenvalue weighted by Crippen LogP contribution is 2.35. The number of rotatable bonds is 5. The Labute approximate surface area is 163 Å². The number of nitrogens with one attached hydrogen (secondary N) is 1. The van der Waals surface area contributed by atoms with E-state index >= 15 is 0 Å². The summed E-state index contributed by atoms with van der Waals surface area (Å²) in [7, 11) is 0. The Morgan fingerprint density at radius 2 is 1.74 bits per heavy atom. The number of amides is 1. The molecule has 1 saturated carbocycles. The van der Waals surface area contributed by atoms with Gasteiger partial charge in [0.1, 0.15) is 5.54 Å². The number of likely N-dealkylation sites (tertiary alicyclic amines) is 1. The molecule has 1 N–H and O–H groups in total. The molecule has 1 aromatic carbocycles. The van der Waals surface area contributed by atoms with Crippen LogP contribution in [-0.4, -0.2) is 60.6 Å². The Kier molecular flexibility index (Phi) is 6.11. The highest BCUT2D eigenvalue weighted by Gasteiger charge is 2.45. The van der Waals surface area contributed by atoms with Crippen molar-refractivity contribution in [2.45, 2.75) is 57.0 Å². The molecule has 1 aliphatic carbocycles. The largest absolute Gasteiger partial charge is 0.379 e. The van der Waals surface area contributed by atoms with Crippen LogP contribution >= 0.6 is 0 Å². The lowest BCUT2D eigenvalue weighted by molar-refractivity contribution is -0.134. The van der Waals surface area contributed by atoms with Crippen LogP contribution in [0.15, 0.2) is 24.3 Å². The average molecular weight is 372 g/mol. The van der Waals surface area contributed by atoms with Gasteiger partial charge in [0.25, 0.3) is 0 Å². The Morgan fingerprint density at radius 3 is 2.48 bits per heavy atom. The van der Waals surface area contributed by atoms with Gasteiger partial charge < -0.3 is 10.1 Å². The van der Waals surface area contributed by atoms with E-state index in [1.807, 2.05) is 6.07 Å². The quantitative estimate of drug-likeness (QED) is 0.863. The Balaban J connectivity index is 1.47. The third-order valence-corrected chi connectivity index (χ3v) is 6.51. The summed E-state index contributed by atoms with van der Waals surface area (Å²) in [5.41, 5.74) is 1.88. The van der Waals surface area contributed by atoms with Gasteiger partial charge in [0.15, 0.2) is 0 Å². The average Bonchev–Trinajstić information content (AvgIpc) is 3.22. The lowest BCUT2D eigenvalue weighted by Gasteiger charge is -2.46. The highest BCUT2D eigenvalue weighted by atomic mass is 16.5. The summed E-state index contributed by atoms with van der Waals surface area (Å²) in [5.74, 6) is 0.183. The molecule has 2 aliphatic heterocycles. The lowest BCUT2D eigenvalue weighted by Crippen LogP contribution is -2.60. The van der Waals surface area contributed by atoms with Gasteiger partial charge in [0.05, 0.1) is 13.2 Å². The summed E-state index contributed by atoms with van der Waals surface area (Å²) < 4.78 is 5.53. The van der Waals surface area contributed by atoms with Crippen LogP contribution in [0.1, 0.15) is 50.5 Å². The Hall–Kier alpha value is -1.43. The molecule has 5 nitrogen and oxygen atoms in total. The van der Waals surface area contributed by atoms with Crippen LogP contribution in [0.2, 0.25) is 0 Å². The van der Waals surface area contributed by atoms with Gasteiger partial charge in [-0.05, 0) is 56.5 Å². The minimum atomic E-state index is -0.354. The minimum Gasteiger partial charge on any atom is -0.379 e. The van der Waals surface area contributed by atoms with Crippen LogP contribution < -0.4 is 5.32 Å². The fraction of sp³-hybridized carbons (Fsp3) is 0.682. The van der Waals surface area contributed by atoms with E-state index in [0.29, 0.717) is 0 Å². The summed E-state index contributed by atoms with van der Waals surface area (Å²) >= 11 is 0. The topological polar surface area (TPSA) is 44.8 Å². The van der Waals surface area contributed by atoms with Crippen molar-refractivity contribution in [3.8, 4) is 0 Å². The van der Waals surface area contributed by atoms with Crippen molar-refractivity contribution in [1.29, 1.82) is 0 Å². The molecule has 3 aliphatic rings. The molecular formula is C22H33N3O2. The summed E-state index contributed by atoms with van der Waals surface area (Å²) in [5, 5.41) is 3.28. The van der Waals surface area contributed by atoms with E-state index in [-0.39, 0.29) is 11.4 Å². The fourth-order valence-corrected chi connectivity index (χ4v) is 5.01. The molecule has 4 rings (SSSR count). The second-order valence-electron chi connectivity index (χ2n) is 8.33. The van der Waals surface area contributed by atoms with Crippen molar-refractivity contribution in [3.05, 3.63) is 29.8 Å². The predicted octanol–water partition coefficient (Wildman–Crippen LogP) is 3.26. The molecule has 148 valence electrons. The van der Waals surface area contributed by atoms with Crippen molar-refractivity contribution in [2.24, 2.45) is 0 Å². The van der Waals surface area contributed by atoms with E-state index in [2.05, 4.69) is 33.3 Å². The number of ether oxygens (including phenoxy) is 1. The maximum absolute atomic E-state index is 13.4. The molecule has 3 fully saturated rings. The lowest BCUT2D eigenvalue weighted by atomic mass is 9.79. The number of hydrogen-bond donors (Lipinski definition) is 1. The zero-order chi connectivity index (χ0) is 18.5. The predicted molar refractivity (Wildman–Crippen MR) is 108 cm³/mol. The van der Waals surface area contributed by atoms with Crippen LogP contribution in [0.5, 0.6) is 0 Å². The summed E-state index contributed by atoms with van der Waals surface area (Å²) in [4.78, 5) is 18.3. The standard InChI is InChI=1S/C22H33N3O2/c26-21(22(9-2-1-3-10-22)25-13-15-27-16-14-25)23-20-8-6-7-19(17-20)18-24-11-4-5-12-24/h6-8,17H,1-5,9-16,18H2,(H,23,26). The first-order valence-electron chi connectivity index (χ1n) is 10.7. The Morgan fingerprint density at radius 1 is 1.00 bits per heavy atom. The van der Waals surface area contributed by atoms with Crippen molar-refractivity contribution < 1.29 is 9.53 Å². The van der Waals surface area contributed by atoms with Gasteiger partial charge in [0.2, 0.25) is 5.91 Å². The van der Waals surface area contributed by atoms with Gasteiger partial charge in [-0.3, -0.25) is 14.6 Å². The van der Waals surface area contributed by atoms with Crippen LogP contribution in [0.3, 0.4) is 0 Å². The van der Waals surface area contributed by atoms with Gasteiger partial charge in [-0.1, -0.05) is 31.4 Å². The van der Waals surface area contributed by atoms with Crippen molar-refractivity contribution in [1.82, 2.24) is 9.80 Å². The molecule has 2 saturated heterocycles. The van der Waals surface area contributed by atoms with Crippen molar-refractivity contribution in [3.63, 3.8) is 0 Å². The number of carbonyl (C=O) groups excluding carboxylic acids is 1. The summed E-state index contributed by atoms with van der Waals surface area (Å²) in [6, 6.07) is 8.43. The van der Waals surface area contributed by atoms with E-state index in [1.54, 1.807) is 0 Å². The molecule has 0 radical (unpaired) electrons. The number of anilines is 1. The summed E-state index contributed by atoms with van der Waals surface area (Å²) in [6.07, 6.45) is 8.06. The molecule has 1 amide bonds. The Bertz CT molecular complexity index is 630. The maximum atomic E-state index is 13.4. The first-order valence-corrected chi connectivity index (χ1v) is 10.7. The third-order valence-electron chi connectivity index (χ3n) is 6.51.